The first-order valence-corrected chi connectivity index (χ1v) is 6.68. The number of hydrogen-bond acceptors (Lipinski definition) is 1. The first kappa shape index (κ1) is 13.6. The molecule has 0 atom stereocenters. The van der Waals surface area contributed by atoms with Gasteiger partial charge in [0, 0.05) is 11.4 Å². The van der Waals surface area contributed by atoms with Crippen LogP contribution in [0.3, 0.4) is 0 Å². The van der Waals surface area contributed by atoms with Crippen molar-refractivity contribution in [3.05, 3.63) is 59.2 Å². The summed E-state index contributed by atoms with van der Waals surface area (Å²) in [6.45, 7) is 6.21. The maximum atomic E-state index is 5.36. The van der Waals surface area contributed by atoms with Crippen molar-refractivity contribution in [2.45, 2.75) is 20.8 Å². The minimum absolute atomic E-state index is 0.614. The summed E-state index contributed by atoms with van der Waals surface area (Å²) >= 11 is 5.36. The monoisotopic (exact) mass is 270 g/mol. The van der Waals surface area contributed by atoms with E-state index < -0.39 is 0 Å². The summed E-state index contributed by atoms with van der Waals surface area (Å²) in [7, 11) is 0. The highest BCUT2D eigenvalue weighted by atomic mass is 32.1. The normalized spacial score (nSPS) is 10.1. The molecule has 98 valence electrons. The number of benzene rings is 2. The van der Waals surface area contributed by atoms with E-state index in [4.69, 9.17) is 12.2 Å². The number of hydrogen-bond donors (Lipinski definition) is 2. The van der Waals surface area contributed by atoms with E-state index in [1.807, 2.05) is 18.2 Å². The molecule has 0 heterocycles. The predicted molar refractivity (Wildman–Crippen MR) is 86.9 cm³/mol. The van der Waals surface area contributed by atoms with Gasteiger partial charge in [-0.05, 0) is 61.8 Å². The van der Waals surface area contributed by atoms with E-state index in [2.05, 4.69) is 55.7 Å². The molecule has 0 saturated carbocycles. The molecule has 0 aromatic heterocycles. The molecule has 2 nitrogen and oxygen atoms in total. The molecule has 19 heavy (non-hydrogen) atoms. The summed E-state index contributed by atoms with van der Waals surface area (Å²) < 4.78 is 0. The van der Waals surface area contributed by atoms with Crippen molar-refractivity contribution in [1.29, 1.82) is 0 Å². The fourth-order valence-corrected chi connectivity index (χ4v) is 2.23. The molecule has 0 aliphatic heterocycles. The first-order valence-electron chi connectivity index (χ1n) is 6.27. The van der Waals surface area contributed by atoms with Crippen LogP contribution in [-0.4, -0.2) is 5.11 Å². The van der Waals surface area contributed by atoms with E-state index in [-0.39, 0.29) is 0 Å². The van der Waals surface area contributed by atoms with Gasteiger partial charge in [0.1, 0.15) is 0 Å². The van der Waals surface area contributed by atoms with Gasteiger partial charge < -0.3 is 10.6 Å². The van der Waals surface area contributed by atoms with E-state index in [9.17, 15) is 0 Å². The van der Waals surface area contributed by atoms with Gasteiger partial charge >= 0.3 is 0 Å². The van der Waals surface area contributed by atoms with Crippen molar-refractivity contribution in [1.82, 2.24) is 0 Å². The third kappa shape index (κ3) is 3.55. The van der Waals surface area contributed by atoms with Gasteiger partial charge in [0.05, 0.1) is 0 Å². The molecule has 2 aromatic rings. The maximum absolute atomic E-state index is 5.36. The minimum atomic E-state index is 0.614. The van der Waals surface area contributed by atoms with Crippen LogP contribution in [0, 0.1) is 20.8 Å². The van der Waals surface area contributed by atoms with E-state index in [1.165, 1.54) is 16.7 Å². The number of aryl methyl sites for hydroxylation is 3. The topological polar surface area (TPSA) is 24.1 Å². The average Bonchev–Trinajstić information content (AvgIpc) is 2.34. The van der Waals surface area contributed by atoms with Gasteiger partial charge in [-0.2, -0.15) is 0 Å². The van der Waals surface area contributed by atoms with Crippen molar-refractivity contribution >= 4 is 28.7 Å². The Labute approximate surface area is 119 Å². The summed E-state index contributed by atoms with van der Waals surface area (Å²) in [4.78, 5) is 0. The lowest BCUT2D eigenvalue weighted by Crippen LogP contribution is -2.20. The molecule has 0 aliphatic rings. The lowest BCUT2D eigenvalue weighted by atomic mass is 10.1. The second-order valence-electron chi connectivity index (χ2n) is 4.72. The highest BCUT2D eigenvalue weighted by molar-refractivity contribution is 7.80. The van der Waals surface area contributed by atoms with Gasteiger partial charge in [-0.3, -0.25) is 0 Å². The fourth-order valence-electron chi connectivity index (χ4n) is 2.01. The second kappa shape index (κ2) is 5.85. The molecule has 0 saturated heterocycles. The quantitative estimate of drug-likeness (QED) is 0.790. The molecule has 0 aliphatic carbocycles. The standard InChI is InChI=1S/C16H18N2S/c1-11-6-4-9-14(10-11)17-16(19)18-15-12(2)7-5-8-13(15)3/h4-10H,1-3H3,(H2,17,18,19). The Morgan fingerprint density at radius 2 is 1.53 bits per heavy atom. The Bertz CT molecular complexity index is 585. The van der Waals surface area contributed by atoms with Crippen LogP contribution in [0.2, 0.25) is 0 Å². The number of para-hydroxylation sites is 1. The van der Waals surface area contributed by atoms with Crippen molar-refractivity contribution in [2.24, 2.45) is 0 Å². The van der Waals surface area contributed by atoms with E-state index in [0.29, 0.717) is 5.11 Å². The van der Waals surface area contributed by atoms with Crippen molar-refractivity contribution in [3.63, 3.8) is 0 Å². The Balaban J connectivity index is 2.10. The Morgan fingerprint density at radius 3 is 2.16 bits per heavy atom. The molecule has 0 radical (unpaired) electrons. The second-order valence-corrected chi connectivity index (χ2v) is 5.12. The fraction of sp³-hybridized carbons (Fsp3) is 0.188. The van der Waals surface area contributed by atoms with Gasteiger partial charge in [0.25, 0.3) is 0 Å². The van der Waals surface area contributed by atoms with Crippen LogP contribution in [0.15, 0.2) is 42.5 Å². The summed E-state index contributed by atoms with van der Waals surface area (Å²) in [5, 5.41) is 7.09. The van der Waals surface area contributed by atoms with Gasteiger partial charge in [-0.1, -0.05) is 30.3 Å². The van der Waals surface area contributed by atoms with Gasteiger partial charge in [-0.15, -0.1) is 0 Å². The van der Waals surface area contributed by atoms with Crippen molar-refractivity contribution in [3.8, 4) is 0 Å². The van der Waals surface area contributed by atoms with E-state index >= 15 is 0 Å². The lowest BCUT2D eigenvalue weighted by Gasteiger charge is -2.15. The largest absolute Gasteiger partial charge is 0.332 e. The van der Waals surface area contributed by atoms with Crippen LogP contribution < -0.4 is 10.6 Å². The van der Waals surface area contributed by atoms with Crippen molar-refractivity contribution < 1.29 is 0 Å². The van der Waals surface area contributed by atoms with Crippen LogP contribution in [-0.2, 0) is 0 Å². The zero-order valence-corrected chi connectivity index (χ0v) is 12.3. The molecular weight excluding hydrogens is 252 g/mol. The van der Waals surface area contributed by atoms with Crippen LogP contribution >= 0.6 is 12.2 Å². The number of rotatable bonds is 2. The van der Waals surface area contributed by atoms with Gasteiger partial charge in [0.2, 0.25) is 0 Å². The van der Waals surface area contributed by atoms with Crippen LogP contribution in [0.5, 0.6) is 0 Å². The average molecular weight is 270 g/mol. The lowest BCUT2D eigenvalue weighted by molar-refractivity contribution is 1.37. The van der Waals surface area contributed by atoms with E-state index in [1.54, 1.807) is 0 Å². The Morgan fingerprint density at radius 1 is 0.895 bits per heavy atom. The molecule has 0 spiro atoms. The summed E-state index contributed by atoms with van der Waals surface area (Å²) in [6.07, 6.45) is 0. The highest BCUT2D eigenvalue weighted by Crippen LogP contribution is 2.20. The minimum Gasteiger partial charge on any atom is -0.332 e. The molecule has 0 fully saturated rings. The number of thiocarbonyl (C=S) groups is 1. The zero-order chi connectivity index (χ0) is 13.8. The zero-order valence-electron chi connectivity index (χ0n) is 11.4. The first-order chi connectivity index (χ1) is 9.06. The van der Waals surface area contributed by atoms with Crippen LogP contribution in [0.25, 0.3) is 0 Å². The van der Waals surface area contributed by atoms with Gasteiger partial charge in [0.15, 0.2) is 5.11 Å². The smallest absolute Gasteiger partial charge is 0.175 e. The molecule has 2 aromatic carbocycles. The third-order valence-electron chi connectivity index (χ3n) is 3.00. The SMILES string of the molecule is Cc1cccc(NC(=S)Nc2c(C)cccc2C)c1. The van der Waals surface area contributed by atoms with Crippen LogP contribution in [0.4, 0.5) is 11.4 Å². The Hall–Kier alpha value is -1.87. The summed E-state index contributed by atoms with van der Waals surface area (Å²) in [5.41, 5.74) is 5.66. The molecule has 3 heteroatoms. The third-order valence-corrected chi connectivity index (χ3v) is 3.20. The molecule has 0 amide bonds. The Kier molecular flexibility index (Phi) is 4.17. The summed E-state index contributed by atoms with van der Waals surface area (Å²) in [5.74, 6) is 0. The summed E-state index contributed by atoms with van der Waals surface area (Å²) in [6, 6.07) is 14.3. The number of anilines is 2. The molecule has 0 bridgehead atoms. The molecule has 2 rings (SSSR count). The molecule has 0 unspecified atom stereocenters. The van der Waals surface area contributed by atoms with Gasteiger partial charge in [-0.25, -0.2) is 0 Å². The predicted octanol–water partition coefficient (Wildman–Crippen LogP) is 4.42. The van der Waals surface area contributed by atoms with Crippen molar-refractivity contribution in [2.75, 3.05) is 10.6 Å². The van der Waals surface area contributed by atoms with E-state index in [0.717, 1.165) is 11.4 Å². The highest BCUT2D eigenvalue weighted by Gasteiger charge is 2.04. The molecular formula is C16H18N2S. The number of nitrogens with one attached hydrogen (secondary N) is 2. The molecule has 2 N–H and O–H groups in total. The van der Waals surface area contributed by atoms with Crippen LogP contribution in [0.1, 0.15) is 16.7 Å². The maximum Gasteiger partial charge on any atom is 0.175 e.